The molecular formula is C13H15BrN2S. The molecule has 1 aromatic carbocycles. The summed E-state index contributed by atoms with van der Waals surface area (Å²) in [5.41, 5.74) is 2.38. The van der Waals surface area contributed by atoms with Crippen LogP contribution in [-0.2, 0) is 13.0 Å². The Morgan fingerprint density at radius 1 is 1.41 bits per heavy atom. The van der Waals surface area contributed by atoms with Gasteiger partial charge in [-0.2, -0.15) is 0 Å². The number of thiazole rings is 1. The average molecular weight is 311 g/mol. The smallest absolute Gasteiger partial charge is 0.0925 e. The molecular weight excluding hydrogens is 296 g/mol. The molecule has 0 amide bonds. The third-order valence-corrected chi connectivity index (χ3v) is 4.54. The highest BCUT2D eigenvalue weighted by molar-refractivity contribution is 9.10. The summed E-state index contributed by atoms with van der Waals surface area (Å²) in [6, 6.07) is 6.32. The van der Waals surface area contributed by atoms with Gasteiger partial charge in [0.1, 0.15) is 0 Å². The molecule has 2 rings (SSSR count). The largest absolute Gasteiger partial charge is 0.380 e. The van der Waals surface area contributed by atoms with E-state index in [4.69, 9.17) is 0 Å². The number of halogens is 1. The van der Waals surface area contributed by atoms with E-state index in [-0.39, 0.29) is 0 Å². The van der Waals surface area contributed by atoms with Crippen molar-refractivity contribution in [3.05, 3.63) is 44.3 Å². The average Bonchev–Trinajstić information content (AvgIpc) is 2.79. The van der Waals surface area contributed by atoms with Crippen molar-refractivity contribution >= 4 is 33.0 Å². The van der Waals surface area contributed by atoms with Crippen LogP contribution in [0.3, 0.4) is 0 Å². The van der Waals surface area contributed by atoms with Crippen LogP contribution >= 0.6 is 27.3 Å². The van der Waals surface area contributed by atoms with Gasteiger partial charge >= 0.3 is 0 Å². The second kappa shape index (κ2) is 5.65. The van der Waals surface area contributed by atoms with Crippen molar-refractivity contribution in [1.82, 2.24) is 4.98 Å². The molecule has 0 atom stereocenters. The van der Waals surface area contributed by atoms with Crippen molar-refractivity contribution in [1.29, 1.82) is 0 Å². The number of nitrogens with one attached hydrogen (secondary N) is 1. The minimum Gasteiger partial charge on any atom is -0.380 e. The Kier molecular flexibility index (Phi) is 4.18. The summed E-state index contributed by atoms with van der Waals surface area (Å²) in [5, 5.41) is 4.61. The van der Waals surface area contributed by atoms with Gasteiger partial charge in [0, 0.05) is 21.2 Å². The maximum absolute atomic E-state index is 4.35. The quantitative estimate of drug-likeness (QED) is 0.906. The number of benzene rings is 1. The van der Waals surface area contributed by atoms with E-state index < -0.39 is 0 Å². The van der Waals surface area contributed by atoms with E-state index in [1.165, 1.54) is 15.4 Å². The van der Waals surface area contributed by atoms with Gasteiger partial charge in [-0.1, -0.05) is 28.9 Å². The molecule has 0 saturated carbocycles. The van der Waals surface area contributed by atoms with Crippen molar-refractivity contribution in [2.45, 2.75) is 26.8 Å². The molecule has 4 heteroatoms. The minimum absolute atomic E-state index is 0.840. The monoisotopic (exact) mass is 310 g/mol. The van der Waals surface area contributed by atoms with Crippen molar-refractivity contribution in [3.63, 3.8) is 0 Å². The molecule has 0 aliphatic heterocycles. The first-order chi connectivity index (χ1) is 8.19. The van der Waals surface area contributed by atoms with Gasteiger partial charge in [0.25, 0.3) is 0 Å². The van der Waals surface area contributed by atoms with Gasteiger partial charge in [0.2, 0.25) is 0 Å². The molecule has 0 aliphatic carbocycles. The molecule has 90 valence electrons. The molecule has 0 radical (unpaired) electrons. The molecule has 2 aromatic rings. The van der Waals surface area contributed by atoms with Crippen LogP contribution in [0, 0.1) is 6.92 Å². The zero-order valence-corrected chi connectivity index (χ0v) is 12.4. The highest BCUT2D eigenvalue weighted by atomic mass is 79.9. The summed E-state index contributed by atoms with van der Waals surface area (Å²) in [7, 11) is 0. The Bertz CT molecular complexity index is 508. The van der Waals surface area contributed by atoms with Crippen LogP contribution in [0.15, 0.2) is 28.9 Å². The molecule has 0 bridgehead atoms. The molecule has 0 fully saturated rings. The molecule has 2 nitrogen and oxygen atoms in total. The number of hydrogen-bond acceptors (Lipinski definition) is 3. The number of nitrogens with zero attached hydrogens (tertiary/aromatic N) is 1. The van der Waals surface area contributed by atoms with E-state index in [1.807, 2.05) is 6.20 Å². The van der Waals surface area contributed by atoms with Crippen LogP contribution in [0.4, 0.5) is 5.69 Å². The second-order valence-corrected chi connectivity index (χ2v) is 5.95. The van der Waals surface area contributed by atoms with E-state index in [0.29, 0.717) is 0 Å². The van der Waals surface area contributed by atoms with Gasteiger partial charge < -0.3 is 5.32 Å². The predicted octanol–water partition coefficient (Wildman–Crippen LogP) is 4.39. The van der Waals surface area contributed by atoms with Crippen molar-refractivity contribution in [2.24, 2.45) is 0 Å². The van der Waals surface area contributed by atoms with E-state index >= 15 is 0 Å². The fraction of sp³-hybridized carbons (Fsp3) is 0.308. The van der Waals surface area contributed by atoms with Gasteiger partial charge in [-0.25, -0.2) is 4.98 Å². The highest BCUT2D eigenvalue weighted by Gasteiger charge is 2.01. The Morgan fingerprint density at radius 2 is 2.24 bits per heavy atom. The van der Waals surface area contributed by atoms with E-state index in [0.717, 1.165) is 23.1 Å². The van der Waals surface area contributed by atoms with Crippen molar-refractivity contribution in [2.75, 3.05) is 5.32 Å². The van der Waals surface area contributed by atoms with Crippen LogP contribution in [0.1, 0.15) is 22.4 Å². The first-order valence-electron chi connectivity index (χ1n) is 5.62. The Morgan fingerprint density at radius 3 is 2.88 bits per heavy atom. The van der Waals surface area contributed by atoms with Crippen LogP contribution in [0.5, 0.6) is 0 Å². The van der Waals surface area contributed by atoms with Gasteiger partial charge in [-0.3, -0.25) is 0 Å². The lowest BCUT2D eigenvalue weighted by Gasteiger charge is -2.06. The lowest BCUT2D eigenvalue weighted by atomic mass is 10.2. The van der Waals surface area contributed by atoms with Crippen LogP contribution in [0.25, 0.3) is 0 Å². The van der Waals surface area contributed by atoms with Gasteiger partial charge in [-0.15, -0.1) is 11.3 Å². The SMILES string of the molecule is CCc1ncc(CNc2ccc(C)c(Br)c2)s1. The first-order valence-corrected chi connectivity index (χ1v) is 7.23. The molecule has 0 unspecified atom stereocenters. The Hall–Kier alpha value is -0.870. The predicted molar refractivity (Wildman–Crippen MR) is 77.7 cm³/mol. The normalized spacial score (nSPS) is 10.5. The van der Waals surface area contributed by atoms with Gasteiger partial charge in [0.15, 0.2) is 0 Å². The summed E-state index contributed by atoms with van der Waals surface area (Å²) in [5.74, 6) is 0. The molecule has 0 spiro atoms. The second-order valence-electron chi connectivity index (χ2n) is 3.89. The van der Waals surface area contributed by atoms with Gasteiger partial charge in [-0.05, 0) is 31.0 Å². The van der Waals surface area contributed by atoms with Crippen LogP contribution in [-0.4, -0.2) is 4.98 Å². The number of aromatic nitrogens is 1. The molecule has 17 heavy (non-hydrogen) atoms. The summed E-state index contributed by atoms with van der Waals surface area (Å²) in [6.45, 7) is 5.06. The van der Waals surface area contributed by atoms with Crippen molar-refractivity contribution < 1.29 is 0 Å². The van der Waals surface area contributed by atoms with Crippen LogP contribution in [0.2, 0.25) is 0 Å². The number of aryl methyl sites for hydroxylation is 2. The Balaban J connectivity index is 1.99. The fourth-order valence-corrected chi connectivity index (χ4v) is 2.67. The van der Waals surface area contributed by atoms with E-state index in [9.17, 15) is 0 Å². The molecule has 1 aromatic heterocycles. The van der Waals surface area contributed by atoms with Crippen LogP contribution < -0.4 is 5.32 Å². The van der Waals surface area contributed by atoms with E-state index in [2.05, 4.69) is 58.3 Å². The third kappa shape index (κ3) is 3.30. The zero-order chi connectivity index (χ0) is 12.3. The lowest BCUT2D eigenvalue weighted by molar-refractivity contribution is 1.09. The number of hydrogen-bond donors (Lipinski definition) is 1. The molecule has 1 heterocycles. The lowest BCUT2D eigenvalue weighted by Crippen LogP contribution is -1.97. The summed E-state index contributed by atoms with van der Waals surface area (Å²) >= 11 is 5.31. The zero-order valence-electron chi connectivity index (χ0n) is 9.96. The van der Waals surface area contributed by atoms with Crippen molar-refractivity contribution in [3.8, 4) is 0 Å². The first kappa shape index (κ1) is 12.6. The minimum atomic E-state index is 0.840. The molecule has 0 aliphatic rings. The summed E-state index contributed by atoms with van der Waals surface area (Å²) in [4.78, 5) is 5.62. The highest BCUT2D eigenvalue weighted by Crippen LogP contribution is 2.22. The summed E-state index contributed by atoms with van der Waals surface area (Å²) in [6.07, 6.45) is 2.97. The molecule has 0 saturated heterocycles. The summed E-state index contributed by atoms with van der Waals surface area (Å²) < 4.78 is 1.14. The third-order valence-electron chi connectivity index (χ3n) is 2.54. The number of rotatable bonds is 4. The Labute approximate surface area is 114 Å². The maximum atomic E-state index is 4.35. The van der Waals surface area contributed by atoms with Gasteiger partial charge in [0.05, 0.1) is 11.6 Å². The standard InChI is InChI=1S/C13H15BrN2S/c1-3-13-16-8-11(17-13)7-15-10-5-4-9(2)12(14)6-10/h4-6,8,15H,3,7H2,1-2H3. The molecule has 1 N–H and O–H groups in total. The maximum Gasteiger partial charge on any atom is 0.0925 e. The van der Waals surface area contributed by atoms with E-state index in [1.54, 1.807) is 11.3 Å². The fourth-order valence-electron chi connectivity index (χ4n) is 1.49. The topological polar surface area (TPSA) is 24.9 Å². The number of anilines is 1.